The Morgan fingerprint density at radius 1 is 1.35 bits per heavy atom. The Hall–Kier alpha value is -1.34. The van der Waals surface area contributed by atoms with E-state index in [0.717, 1.165) is 30.7 Å². The number of carbonyl (C=O) groups excluding carboxylic acids is 1. The molecule has 144 valence electrons. The van der Waals surface area contributed by atoms with Crippen LogP contribution in [0.5, 0.6) is 5.75 Å². The molecule has 2 aliphatic rings. The zero-order valence-electron chi connectivity index (χ0n) is 15.2. The first-order chi connectivity index (χ1) is 12.6. The molecule has 2 heterocycles. The maximum Gasteiger partial charge on any atom is 0.221 e. The molecular weight excluding hydrogens is 356 g/mol. The van der Waals surface area contributed by atoms with E-state index in [2.05, 4.69) is 10.6 Å². The molecule has 3 rings (SSSR count). The van der Waals surface area contributed by atoms with Crippen molar-refractivity contribution in [2.75, 3.05) is 46.6 Å². The average molecular weight is 383 g/mol. The Morgan fingerprint density at radius 3 is 2.85 bits per heavy atom. The molecule has 0 radical (unpaired) electrons. The maximum absolute atomic E-state index is 12.5. The van der Waals surface area contributed by atoms with Crippen LogP contribution in [0, 0.1) is 0 Å². The van der Waals surface area contributed by atoms with E-state index >= 15 is 0 Å². The summed E-state index contributed by atoms with van der Waals surface area (Å²) in [6.45, 7) is 3.93. The molecule has 0 aromatic heterocycles. The Labute approximate surface area is 159 Å². The number of hydrogen-bond acceptors (Lipinski definition) is 5. The van der Waals surface area contributed by atoms with Crippen LogP contribution in [0.2, 0.25) is 5.02 Å². The number of halogens is 1. The SMILES string of the molecule is COc1ccc(Cl)cc1C1(CNC(=O)CC2COCCN2)CCOCC1. The van der Waals surface area contributed by atoms with Crippen molar-refractivity contribution in [2.24, 2.45) is 0 Å². The Balaban J connectivity index is 1.71. The molecule has 1 aromatic rings. The highest BCUT2D eigenvalue weighted by Gasteiger charge is 2.37. The van der Waals surface area contributed by atoms with Crippen molar-refractivity contribution in [3.8, 4) is 5.75 Å². The van der Waals surface area contributed by atoms with Gasteiger partial charge in [-0.15, -0.1) is 0 Å². The average Bonchev–Trinajstić information content (AvgIpc) is 2.68. The van der Waals surface area contributed by atoms with Gasteiger partial charge in [-0.3, -0.25) is 4.79 Å². The van der Waals surface area contributed by atoms with Crippen LogP contribution in [0.15, 0.2) is 18.2 Å². The normalized spacial score (nSPS) is 22.6. The van der Waals surface area contributed by atoms with Crippen molar-refractivity contribution in [1.29, 1.82) is 0 Å². The Morgan fingerprint density at radius 2 is 2.15 bits per heavy atom. The number of hydrogen-bond donors (Lipinski definition) is 2. The smallest absolute Gasteiger partial charge is 0.221 e. The largest absolute Gasteiger partial charge is 0.496 e. The number of morpholine rings is 1. The number of rotatable bonds is 6. The first kappa shape index (κ1) is 19.4. The molecule has 2 aliphatic heterocycles. The maximum atomic E-state index is 12.5. The molecule has 1 unspecified atom stereocenters. The van der Waals surface area contributed by atoms with Crippen LogP contribution >= 0.6 is 11.6 Å². The summed E-state index contributed by atoms with van der Waals surface area (Å²) >= 11 is 6.25. The summed E-state index contributed by atoms with van der Waals surface area (Å²) in [6.07, 6.45) is 2.04. The summed E-state index contributed by atoms with van der Waals surface area (Å²) in [5.41, 5.74) is 0.802. The third-order valence-corrected chi connectivity index (χ3v) is 5.47. The molecule has 2 saturated heterocycles. The van der Waals surface area contributed by atoms with E-state index < -0.39 is 0 Å². The quantitative estimate of drug-likeness (QED) is 0.786. The van der Waals surface area contributed by atoms with Gasteiger partial charge in [0.25, 0.3) is 0 Å². The second-order valence-corrected chi connectivity index (χ2v) is 7.38. The molecule has 6 nitrogen and oxygen atoms in total. The number of nitrogens with one attached hydrogen (secondary N) is 2. The van der Waals surface area contributed by atoms with Crippen LogP contribution in [-0.4, -0.2) is 58.6 Å². The molecule has 1 aromatic carbocycles. The van der Waals surface area contributed by atoms with E-state index in [-0.39, 0.29) is 17.4 Å². The molecule has 26 heavy (non-hydrogen) atoms. The fourth-order valence-electron chi connectivity index (χ4n) is 3.71. The van der Waals surface area contributed by atoms with Gasteiger partial charge < -0.3 is 24.8 Å². The van der Waals surface area contributed by atoms with Gasteiger partial charge in [-0.2, -0.15) is 0 Å². The molecule has 0 spiro atoms. The van der Waals surface area contributed by atoms with Gasteiger partial charge in [0.2, 0.25) is 5.91 Å². The van der Waals surface area contributed by atoms with Gasteiger partial charge in [0, 0.05) is 54.8 Å². The van der Waals surface area contributed by atoms with Crippen LogP contribution in [0.3, 0.4) is 0 Å². The van der Waals surface area contributed by atoms with E-state index in [0.29, 0.717) is 44.4 Å². The van der Waals surface area contributed by atoms with Gasteiger partial charge >= 0.3 is 0 Å². The molecule has 0 saturated carbocycles. The fraction of sp³-hybridized carbons (Fsp3) is 0.632. The lowest BCUT2D eigenvalue weighted by Crippen LogP contribution is -2.48. The summed E-state index contributed by atoms with van der Waals surface area (Å²) in [6, 6.07) is 5.74. The molecule has 7 heteroatoms. The first-order valence-corrected chi connectivity index (χ1v) is 9.50. The third kappa shape index (κ3) is 4.68. The van der Waals surface area contributed by atoms with Crippen LogP contribution in [0.4, 0.5) is 0 Å². The predicted molar refractivity (Wildman–Crippen MR) is 100.0 cm³/mol. The second-order valence-electron chi connectivity index (χ2n) is 6.94. The van der Waals surface area contributed by atoms with Crippen molar-refractivity contribution in [2.45, 2.75) is 30.7 Å². The molecular formula is C19H27ClN2O4. The van der Waals surface area contributed by atoms with Gasteiger partial charge in [0.05, 0.1) is 20.3 Å². The number of carbonyl (C=O) groups is 1. The zero-order valence-corrected chi connectivity index (χ0v) is 15.9. The molecule has 1 amide bonds. The van der Waals surface area contributed by atoms with E-state index in [1.165, 1.54) is 0 Å². The minimum absolute atomic E-state index is 0.0276. The highest BCUT2D eigenvalue weighted by atomic mass is 35.5. The number of ether oxygens (including phenoxy) is 3. The third-order valence-electron chi connectivity index (χ3n) is 5.24. The molecule has 2 N–H and O–H groups in total. The first-order valence-electron chi connectivity index (χ1n) is 9.12. The minimum atomic E-state index is -0.235. The van der Waals surface area contributed by atoms with Gasteiger partial charge in [0.15, 0.2) is 0 Å². The fourth-order valence-corrected chi connectivity index (χ4v) is 3.88. The highest BCUT2D eigenvalue weighted by molar-refractivity contribution is 6.30. The predicted octanol–water partition coefficient (Wildman–Crippen LogP) is 1.89. The number of benzene rings is 1. The van der Waals surface area contributed by atoms with E-state index in [1.54, 1.807) is 7.11 Å². The summed E-state index contributed by atoms with van der Waals surface area (Å²) < 4.78 is 16.6. The van der Waals surface area contributed by atoms with Gasteiger partial charge in [-0.1, -0.05) is 11.6 Å². The van der Waals surface area contributed by atoms with Crippen LogP contribution in [0.1, 0.15) is 24.8 Å². The Bertz CT molecular complexity index is 614. The minimum Gasteiger partial charge on any atom is -0.496 e. The molecule has 0 bridgehead atoms. The summed E-state index contributed by atoms with van der Waals surface area (Å²) in [5, 5.41) is 7.10. The molecule has 2 fully saturated rings. The second kappa shape index (κ2) is 9.04. The van der Waals surface area contributed by atoms with Gasteiger partial charge in [-0.05, 0) is 31.0 Å². The summed E-state index contributed by atoms with van der Waals surface area (Å²) in [4.78, 5) is 12.5. The van der Waals surface area contributed by atoms with Crippen molar-refractivity contribution < 1.29 is 19.0 Å². The highest BCUT2D eigenvalue weighted by Crippen LogP contribution is 2.40. The topological polar surface area (TPSA) is 68.8 Å². The molecule has 1 atom stereocenters. The van der Waals surface area contributed by atoms with Crippen LogP contribution in [-0.2, 0) is 19.7 Å². The Kier molecular flexibility index (Phi) is 6.75. The lowest BCUT2D eigenvalue weighted by Gasteiger charge is -2.39. The van der Waals surface area contributed by atoms with Crippen molar-refractivity contribution in [1.82, 2.24) is 10.6 Å². The lowest BCUT2D eigenvalue weighted by molar-refractivity contribution is -0.122. The van der Waals surface area contributed by atoms with E-state index in [1.807, 2.05) is 18.2 Å². The lowest BCUT2D eigenvalue weighted by atomic mass is 9.73. The van der Waals surface area contributed by atoms with Crippen molar-refractivity contribution in [3.05, 3.63) is 28.8 Å². The van der Waals surface area contributed by atoms with Crippen LogP contribution < -0.4 is 15.4 Å². The van der Waals surface area contributed by atoms with Crippen LogP contribution in [0.25, 0.3) is 0 Å². The monoisotopic (exact) mass is 382 g/mol. The van der Waals surface area contributed by atoms with E-state index in [4.69, 9.17) is 25.8 Å². The summed E-state index contributed by atoms with van der Waals surface area (Å²) in [7, 11) is 1.66. The van der Waals surface area contributed by atoms with Gasteiger partial charge in [0.1, 0.15) is 5.75 Å². The van der Waals surface area contributed by atoms with Crippen molar-refractivity contribution >= 4 is 17.5 Å². The van der Waals surface area contributed by atoms with Crippen molar-refractivity contribution in [3.63, 3.8) is 0 Å². The number of amides is 1. The zero-order chi connectivity index (χ0) is 18.4. The number of methoxy groups -OCH3 is 1. The van der Waals surface area contributed by atoms with Gasteiger partial charge in [-0.25, -0.2) is 0 Å². The summed E-state index contributed by atoms with van der Waals surface area (Å²) in [5.74, 6) is 0.827. The standard InChI is InChI=1S/C19H27ClN2O4/c1-24-17-3-2-14(20)10-16(17)19(4-7-25-8-5-19)13-22-18(23)11-15-12-26-9-6-21-15/h2-3,10,15,21H,4-9,11-13H2,1H3,(H,22,23). The van der Waals surface area contributed by atoms with E-state index in [9.17, 15) is 4.79 Å². The molecule has 0 aliphatic carbocycles.